The third-order valence-corrected chi connectivity index (χ3v) is 3.68. The second-order valence-electron chi connectivity index (χ2n) is 5.58. The number of benzene rings is 1. The average molecular weight is 279 g/mol. The molecule has 0 saturated heterocycles. The molecule has 0 bridgehead atoms. The third-order valence-electron chi connectivity index (χ3n) is 3.68. The van der Waals surface area contributed by atoms with Gasteiger partial charge in [-0.05, 0) is 45.9 Å². The predicted molar refractivity (Wildman–Crippen MR) is 79.5 cm³/mol. The maximum absolute atomic E-state index is 9.64. The summed E-state index contributed by atoms with van der Waals surface area (Å²) in [7, 11) is 0. The Balaban J connectivity index is 2.36. The molecular formula is C16H25NO3. The summed E-state index contributed by atoms with van der Waals surface area (Å²) in [5.41, 5.74) is 8.12. The molecule has 2 rings (SSSR count). The second-order valence-corrected chi connectivity index (χ2v) is 5.58. The normalized spacial score (nSPS) is 20.1. The van der Waals surface area contributed by atoms with Gasteiger partial charge in [0.2, 0.25) is 0 Å². The molecule has 1 aliphatic rings. The first-order valence-corrected chi connectivity index (χ1v) is 7.39. The van der Waals surface area contributed by atoms with Crippen molar-refractivity contribution in [3.8, 4) is 11.5 Å². The lowest BCUT2D eigenvalue weighted by Gasteiger charge is -2.21. The molecule has 0 saturated carbocycles. The largest absolute Gasteiger partial charge is 0.494 e. The molecule has 0 aromatic heterocycles. The van der Waals surface area contributed by atoms with Gasteiger partial charge in [-0.1, -0.05) is 0 Å². The molecule has 0 fully saturated rings. The summed E-state index contributed by atoms with van der Waals surface area (Å²) in [4.78, 5) is 0. The Hall–Kier alpha value is -1.26. The lowest BCUT2D eigenvalue weighted by atomic mass is 9.91. The van der Waals surface area contributed by atoms with Crippen LogP contribution in [-0.4, -0.2) is 30.5 Å². The first-order valence-electron chi connectivity index (χ1n) is 7.39. The van der Waals surface area contributed by atoms with Gasteiger partial charge in [-0.15, -0.1) is 0 Å². The quantitative estimate of drug-likeness (QED) is 0.838. The van der Waals surface area contributed by atoms with Crippen LogP contribution in [0.1, 0.15) is 44.2 Å². The maximum Gasteiger partial charge on any atom is 0.123 e. The third kappa shape index (κ3) is 3.25. The summed E-state index contributed by atoms with van der Waals surface area (Å²) in [6, 6.07) is 4.12. The van der Waals surface area contributed by atoms with E-state index in [0.717, 1.165) is 23.5 Å². The number of fused-ring (bicyclic) bond motifs is 1. The van der Waals surface area contributed by atoms with Gasteiger partial charge in [-0.3, -0.25) is 0 Å². The molecular weight excluding hydrogens is 254 g/mol. The van der Waals surface area contributed by atoms with Crippen molar-refractivity contribution in [2.24, 2.45) is 5.73 Å². The molecule has 1 aromatic carbocycles. The van der Waals surface area contributed by atoms with Gasteiger partial charge in [0.25, 0.3) is 0 Å². The van der Waals surface area contributed by atoms with Crippen LogP contribution in [0.2, 0.25) is 0 Å². The SMILES string of the molecule is CCOc1cc2c(cc1C(CN)CC(C)O)OC(C)C2. The molecule has 3 atom stereocenters. The van der Waals surface area contributed by atoms with Gasteiger partial charge < -0.3 is 20.3 Å². The Morgan fingerprint density at radius 1 is 1.50 bits per heavy atom. The van der Waals surface area contributed by atoms with Gasteiger partial charge in [0, 0.05) is 23.5 Å². The Kier molecular flexibility index (Phi) is 4.89. The van der Waals surface area contributed by atoms with Crippen molar-refractivity contribution >= 4 is 0 Å². The fraction of sp³-hybridized carbons (Fsp3) is 0.625. The van der Waals surface area contributed by atoms with Gasteiger partial charge in [0.05, 0.1) is 12.7 Å². The number of ether oxygens (including phenoxy) is 2. The van der Waals surface area contributed by atoms with Gasteiger partial charge >= 0.3 is 0 Å². The topological polar surface area (TPSA) is 64.7 Å². The van der Waals surface area contributed by atoms with Crippen molar-refractivity contribution in [3.05, 3.63) is 23.3 Å². The summed E-state index contributed by atoms with van der Waals surface area (Å²) in [5.74, 6) is 1.89. The molecule has 4 nitrogen and oxygen atoms in total. The zero-order chi connectivity index (χ0) is 14.7. The lowest BCUT2D eigenvalue weighted by Crippen LogP contribution is -2.18. The summed E-state index contributed by atoms with van der Waals surface area (Å²) < 4.78 is 11.6. The molecule has 3 N–H and O–H groups in total. The van der Waals surface area contributed by atoms with Crippen molar-refractivity contribution < 1.29 is 14.6 Å². The molecule has 0 radical (unpaired) electrons. The van der Waals surface area contributed by atoms with E-state index in [4.69, 9.17) is 15.2 Å². The van der Waals surface area contributed by atoms with Crippen LogP contribution in [-0.2, 0) is 6.42 Å². The maximum atomic E-state index is 9.64. The van der Waals surface area contributed by atoms with Crippen LogP contribution in [0.5, 0.6) is 11.5 Å². The molecule has 112 valence electrons. The van der Waals surface area contributed by atoms with Crippen molar-refractivity contribution in [2.45, 2.75) is 51.7 Å². The van der Waals surface area contributed by atoms with Crippen molar-refractivity contribution in [1.82, 2.24) is 0 Å². The van der Waals surface area contributed by atoms with Crippen molar-refractivity contribution in [3.63, 3.8) is 0 Å². The number of hydrogen-bond donors (Lipinski definition) is 2. The highest BCUT2D eigenvalue weighted by Crippen LogP contribution is 2.39. The fourth-order valence-electron chi connectivity index (χ4n) is 2.82. The van der Waals surface area contributed by atoms with Crippen molar-refractivity contribution in [2.75, 3.05) is 13.2 Å². The van der Waals surface area contributed by atoms with E-state index in [1.54, 1.807) is 6.92 Å². The smallest absolute Gasteiger partial charge is 0.123 e. The highest BCUT2D eigenvalue weighted by Gasteiger charge is 2.25. The molecule has 0 amide bonds. The number of hydrogen-bond acceptors (Lipinski definition) is 4. The van der Waals surface area contributed by atoms with Crippen LogP contribution >= 0.6 is 0 Å². The van der Waals surface area contributed by atoms with Crippen LogP contribution in [0.4, 0.5) is 0 Å². The Labute approximate surface area is 120 Å². The van der Waals surface area contributed by atoms with Gasteiger partial charge in [0.1, 0.15) is 17.6 Å². The summed E-state index contributed by atoms with van der Waals surface area (Å²) in [5, 5.41) is 9.64. The van der Waals surface area contributed by atoms with Crippen LogP contribution in [0.25, 0.3) is 0 Å². The standard InChI is InChI=1S/C16H25NO3/c1-4-19-16-7-12-6-11(3)20-15(12)8-14(16)13(9-17)5-10(2)18/h7-8,10-11,13,18H,4-6,9,17H2,1-3H3. The number of aliphatic hydroxyl groups is 1. The van der Waals surface area contributed by atoms with E-state index in [1.165, 1.54) is 5.56 Å². The monoisotopic (exact) mass is 279 g/mol. The average Bonchev–Trinajstić information content (AvgIpc) is 2.74. The zero-order valence-electron chi connectivity index (χ0n) is 12.6. The molecule has 0 spiro atoms. The fourth-order valence-corrected chi connectivity index (χ4v) is 2.82. The molecule has 1 aliphatic heterocycles. The summed E-state index contributed by atoms with van der Waals surface area (Å²) >= 11 is 0. The Morgan fingerprint density at radius 3 is 2.85 bits per heavy atom. The Bertz CT molecular complexity index is 459. The zero-order valence-corrected chi connectivity index (χ0v) is 12.6. The van der Waals surface area contributed by atoms with E-state index in [-0.39, 0.29) is 18.1 Å². The Morgan fingerprint density at radius 2 is 2.25 bits per heavy atom. The van der Waals surface area contributed by atoms with E-state index >= 15 is 0 Å². The first kappa shape index (κ1) is 15.1. The number of rotatable bonds is 6. The van der Waals surface area contributed by atoms with E-state index in [9.17, 15) is 5.11 Å². The molecule has 4 heteroatoms. The van der Waals surface area contributed by atoms with E-state index in [2.05, 4.69) is 13.0 Å². The summed E-state index contributed by atoms with van der Waals surface area (Å²) in [6.07, 6.45) is 1.37. The van der Waals surface area contributed by atoms with E-state index in [1.807, 2.05) is 13.0 Å². The van der Waals surface area contributed by atoms with Crippen LogP contribution in [0.15, 0.2) is 12.1 Å². The highest BCUT2D eigenvalue weighted by atomic mass is 16.5. The van der Waals surface area contributed by atoms with Crippen LogP contribution in [0, 0.1) is 0 Å². The van der Waals surface area contributed by atoms with E-state index in [0.29, 0.717) is 19.6 Å². The van der Waals surface area contributed by atoms with Crippen LogP contribution in [0.3, 0.4) is 0 Å². The second kappa shape index (κ2) is 6.46. The minimum atomic E-state index is -0.383. The van der Waals surface area contributed by atoms with Gasteiger partial charge in [-0.25, -0.2) is 0 Å². The minimum Gasteiger partial charge on any atom is -0.494 e. The lowest BCUT2D eigenvalue weighted by molar-refractivity contribution is 0.174. The first-order chi connectivity index (χ1) is 9.55. The van der Waals surface area contributed by atoms with Crippen LogP contribution < -0.4 is 15.2 Å². The highest BCUT2D eigenvalue weighted by molar-refractivity contribution is 5.50. The number of aliphatic hydroxyl groups excluding tert-OH is 1. The predicted octanol–water partition coefficient (Wildman–Crippen LogP) is 2.22. The van der Waals surface area contributed by atoms with Gasteiger partial charge in [0.15, 0.2) is 0 Å². The molecule has 0 aliphatic carbocycles. The van der Waals surface area contributed by atoms with E-state index < -0.39 is 0 Å². The minimum absolute atomic E-state index is 0.0846. The molecule has 1 heterocycles. The summed E-state index contributed by atoms with van der Waals surface area (Å²) in [6.45, 7) is 6.93. The van der Waals surface area contributed by atoms with Gasteiger partial charge in [-0.2, -0.15) is 0 Å². The molecule has 3 unspecified atom stereocenters. The molecule has 20 heavy (non-hydrogen) atoms. The van der Waals surface area contributed by atoms with Crippen molar-refractivity contribution in [1.29, 1.82) is 0 Å². The molecule has 1 aromatic rings. The number of nitrogens with two attached hydrogens (primary N) is 1.